The lowest BCUT2D eigenvalue weighted by Gasteiger charge is -2.33. The fourth-order valence-electron chi connectivity index (χ4n) is 3.31. The van der Waals surface area contributed by atoms with Crippen molar-refractivity contribution in [3.05, 3.63) is 70.5 Å². The summed E-state index contributed by atoms with van der Waals surface area (Å²) in [6.07, 6.45) is 0.706. The van der Waals surface area contributed by atoms with Crippen molar-refractivity contribution in [2.24, 2.45) is 11.1 Å². The van der Waals surface area contributed by atoms with E-state index in [1.807, 2.05) is 12.1 Å². The Morgan fingerprint density at radius 1 is 1.19 bits per heavy atom. The SMILES string of the molecule is Cc1ccc(C(O)C2(CN)Cc3ccccc3C2)cc1F. The summed E-state index contributed by atoms with van der Waals surface area (Å²) < 4.78 is 13.8. The maximum Gasteiger partial charge on any atom is 0.126 e. The minimum atomic E-state index is -0.759. The van der Waals surface area contributed by atoms with Crippen molar-refractivity contribution in [1.29, 1.82) is 0 Å². The monoisotopic (exact) mass is 285 g/mol. The number of aliphatic hydroxyl groups is 1. The largest absolute Gasteiger partial charge is 0.388 e. The number of aryl methyl sites for hydroxylation is 1. The minimum absolute atomic E-state index is 0.283. The van der Waals surface area contributed by atoms with Crippen LogP contribution in [-0.4, -0.2) is 11.7 Å². The van der Waals surface area contributed by atoms with E-state index in [0.717, 1.165) is 12.8 Å². The fraction of sp³-hybridized carbons (Fsp3) is 0.333. The fourth-order valence-corrected chi connectivity index (χ4v) is 3.31. The van der Waals surface area contributed by atoms with E-state index < -0.39 is 11.5 Å². The van der Waals surface area contributed by atoms with Crippen molar-refractivity contribution in [2.75, 3.05) is 6.54 Å². The standard InChI is InChI=1S/C18H20FNO/c1-12-6-7-13(8-16(12)19)17(21)18(11-20)9-14-4-2-3-5-15(14)10-18/h2-8,17,21H,9-11,20H2,1H3. The average molecular weight is 285 g/mol. The maximum atomic E-state index is 13.8. The molecular formula is C18H20FNO. The molecule has 0 radical (unpaired) electrons. The summed E-state index contributed by atoms with van der Waals surface area (Å²) in [6, 6.07) is 13.1. The molecule has 0 spiro atoms. The Hall–Kier alpha value is -1.71. The predicted molar refractivity (Wildman–Crippen MR) is 81.4 cm³/mol. The second-order valence-electron chi connectivity index (χ2n) is 6.10. The van der Waals surface area contributed by atoms with Crippen molar-refractivity contribution in [1.82, 2.24) is 0 Å². The van der Waals surface area contributed by atoms with Gasteiger partial charge in [-0.05, 0) is 48.1 Å². The van der Waals surface area contributed by atoms with E-state index in [4.69, 9.17) is 5.73 Å². The predicted octanol–water partition coefficient (Wildman–Crippen LogP) is 2.91. The summed E-state index contributed by atoms with van der Waals surface area (Å²) in [5.41, 5.74) is 9.22. The third-order valence-electron chi connectivity index (χ3n) is 4.70. The van der Waals surface area contributed by atoms with E-state index in [1.54, 1.807) is 19.1 Å². The van der Waals surface area contributed by atoms with Crippen LogP contribution in [0.25, 0.3) is 0 Å². The number of fused-ring (bicyclic) bond motifs is 1. The molecule has 0 amide bonds. The van der Waals surface area contributed by atoms with Crippen LogP contribution < -0.4 is 5.73 Å². The van der Waals surface area contributed by atoms with Crippen LogP contribution in [0, 0.1) is 18.2 Å². The van der Waals surface area contributed by atoms with Crippen LogP contribution in [0.4, 0.5) is 4.39 Å². The maximum absolute atomic E-state index is 13.8. The molecular weight excluding hydrogens is 265 g/mol. The van der Waals surface area contributed by atoms with Gasteiger partial charge in [0.2, 0.25) is 0 Å². The summed E-state index contributed by atoms with van der Waals surface area (Å²) in [4.78, 5) is 0. The van der Waals surface area contributed by atoms with Crippen LogP contribution in [0.5, 0.6) is 0 Å². The van der Waals surface area contributed by atoms with Gasteiger partial charge in [0.25, 0.3) is 0 Å². The molecule has 21 heavy (non-hydrogen) atoms. The second kappa shape index (κ2) is 5.24. The highest BCUT2D eigenvalue weighted by atomic mass is 19.1. The number of hydrogen-bond acceptors (Lipinski definition) is 2. The molecule has 0 aliphatic heterocycles. The van der Waals surface area contributed by atoms with E-state index in [2.05, 4.69) is 12.1 Å². The van der Waals surface area contributed by atoms with Crippen molar-refractivity contribution < 1.29 is 9.50 Å². The van der Waals surface area contributed by atoms with Gasteiger partial charge in [-0.2, -0.15) is 0 Å². The molecule has 0 saturated heterocycles. The number of halogens is 1. The first-order valence-corrected chi connectivity index (χ1v) is 7.27. The highest BCUT2D eigenvalue weighted by Crippen LogP contribution is 2.45. The van der Waals surface area contributed by atoms with Gasteiger partial charge < -0.3 is 10.8 Å². The van der Waals surface area contributed by atoms with E-state index in [-0.39, 0.29) is 5.82 Å². The molecule has 0 fully saturated rings. The summed E-state index contributed by atoms with van der Waals surface area (Å²) in [6.45, 7) is 2.09. The van der Waals surface area contributed by atoms with Crippen LogP contribution >= 0.6 is 0 Å². The minimum Gasteiger partial charge on any atom is -0.388 e. The van der Waals surface area contributed by atoms with Gasteiger partial charge >= 0.3 is 0 Å². The summed E-state index contributed by atoms with van der Waals surface area (Å²) in [5, 5.41) is 10.8. The first-order valence-electron chi connectivity index (χ1n) is 7.27. The highest BCUT2D eigenvalue weighted by molar-refractivity contribution is 5.37. The normalized spacial score (nSPS) is 17.5. The average Bonchev–Trinajstić information content (AvgIpc) is 2.89. The number of aliphatic hydroxyl groups excluding tert-OH is 1. The van der Waals surface area contributed by atoms with Gasteiger partial charge in [0.15, 0.2) is 0 Å². The van der Waals surface area contributed by atoms with Gasteiger partial charge in [0, 0.05) is 12.0 Å². The lowest BCUT2D eigenvalue weighted by atomic mass is 9.76. The number of nitrogens with two attached hydrogens (primary N) is 1. The van der Waals surface area contributed by atoms with Crippen molar-refractivity contribution >= 4 is 0 Å². The van der Waals surface area contributed by atoms with E-state index in [1.165, 1.54) is 17.2 Å². The molecule has 1 aliphatic carbocycles. The van der Waals surface area contributed by atoms with Crippen LogP contribution in [-0.2, 0) is 12.8 Å². The zero-order valence-electron chi connectivity index (χ0n) is 12.1. The van der Waals surface area contributed by atoms with Crippen molar-refractivity contribution in [2.45, 2.75) is 25.9 Å². The number of rotatable bonds is 3. The summed E-state index contributed by atoms with van der Waals surface area (Å²) in [5.74, 6) is -0.283. The molecule has 0 saturated carbocycles. The summed E-state index contributed by atoms with van der Waals surface area (Å²) >= 11 is 0. The van der Waals surface area contributed by atoms with Gasteiger partial charge in [-0.25, -0.2) is 4.39 Å². The van der Waals surface area contributed by atoms with E-state index in [9.17, 15) is 9.50 Å². The summed E-state index contributed by atoms with van der Waals surface area (Å²) in [7, 11) is 0. The molecule has 3 heteroatoms. The lowest BCUT2D eigenvalue weighted by molar-refractivity contribution is 0.0356. The second-order valence-corrected chi connectivity index (χ2v) is 6.10. The number of hydrogen-bond donors (Lipinski definition) is 2. The van der Waals surface area contributed by atoms with Gasteiger partial charge in [0.05, 0.1) is 6.10 Å². The van der Waals surface area contributed by atoms with Crippen LogP contribution in [0.15, 0.2) is 42.5 Å². The van der Waals surface area contributed by atoms with Gasteiger partial charge in [-0.15, -0.1) is 0 Å². The molecule has 1 unspecified atom stereocenters. The van der Waals surface area contributed by atoms with Crippen LogP contribution in [0.1, 0.15) is 28.4 Å². The van der Waals surface area contributed by atoms with Gasteiger partial charge in [-0.3, -0.25) is 0 Å². The Balaban J connectivity index is 1.95. The molecule has 3 rings (SSSR count). The molecule has 0 aromatic heterocycles. The molecule has 3 N–H and O–H groups in total. The Morgan fingerprint density at radius 2 is 1.81 bits per heavy atom. The van der Waals surface area contributed by atoms with Crippen LogP contribution in [0.3, 0.4) is 0 Å². The molecule has 2 aromatic rings. The molecule has 110 valence electrons. The van der Waals surface area contributed by atoms with Gasteiger partial charge in [0.1, 0.15) is 5.82 Å². The van der Waals surface area contributed by atoms with Crippen molar-refractivity contribution in [3.63, 3.8) is 0 Å². The Bertz CT molecular complexity index is 643. The molecule has 0 bridgehead atoms. The molecule has 2 nitrogen and oxygen atoms in total. The van der Waals surface area contributed by atoms with E-state index >= 15 is 0 Å². The highest BCUT2D eigenvalue weighted by Gasteiger charge is 2.42. The molecule has 0 heterocycles. The zero-order valence-corrected chi connectivity index (χ0v) is 12.1. The number of benzene rings is 2. The van der Waals surface area contributed by atoms with Crippen LogP contribution in [0.2, 0.25) is 0 Å². The third kappa shape index (κ3) is 2.37. The Kier molecular flexibility index (Phi) is 3.56. The Morgan fingerprint density at radius 3 is 2.33 bits per heavy atom. The third-order valence-corrected chi connectivity index (χ3v) is 4.70. The molecule has 2 aromatic carbocycles. The van der Waals surface area contributed by atoms with E-state index in [0.29, 0.717) is 17.7 Å². The smallest absolute Gasteiger partial charge is 0.126 e. The first-order chi connectivity index (χ1) is 10.1. The lowest BCUT2D eigenvalue weighted by Crippen LogP contribution is -2.37. The van der Waals surface area contributed by atoms with Crippen molar-refractivity contribution in [3.8, 4) is 0 Å². The molecule has 1 aliphatic rings. The first kappa shape index (κ1) is 14.2. The quantitative estimate of drug-likeness (QED) is 0.911. The zero-order chi connectivity index (χ0) is 15.0. The topological polar surface area (TPSA) is 46.2 Å². The van der Waals surface area contributed by atoms with Gasteiger partial charge in [-0.1, -0.05) is 36.4 Å². The molecule has 1 atom stereocenters. The Labute approximate surface area is 124 Å².